The molecule has 2 heterocycles. The molecule has 1 amide bonds. The van der Waals surface area contributed by atoms with Gasteiger partial charge in [0.25, 0.3) is 5.91 Å². The number of amides is 1. The molecule has 0 bridgehead atoms. The van der Waals surface area contributed by atoms with E-state index in [1.807, 2.05) is 17.0 Å². The zero-order valence-corrected chi connectivity index (χ0v) is 11.9. The Balaban J connectivity index is 1.70. The van der Waals surface area contributed by atoms with Gasteiger partial charge in [0, 0.05) is 30.1 Å². The zero-order valence-electron chi connectivity index (χ0n) is 11.9. The maximum Gasteiger partial charge on any atom is 0.253 e. The molecule has 1 fully saturated rings. The number of nitrogens with zero attached hydrogens (tertiary/aromatic N) is 1. The summed E-state index contributed by atoms with van der Waals surface area (Å²) in [7, 11) is 0. The van der Waals surface area contributed by atoms with E-state index >= 15 is 0 Å². The highest BCUT2D eigenvalue weighted by Crippen LogP contribution is 2.28. The Morgan fingerprint density at radius 1 is 1.14 bits per heavy atom. The number of Topliss-reactive ketones (excluding diaryl/α,β-unsaturated/α-hetero) is 1. The number of benzene rings is 1. The molecule has 1 aromatic heterocycles. The van der Waals surface area contributed by atoms with Crippen LogP contribution in [0.25, 0.3) is 0 Å². The van der Waals surface area contributed by atoms with Crippen molar-refractivity contribution < 1.29 is 14.0 Å². The molecule has 108 valence electrons. The SMILES string of the molecule is CC(=O)c1ccc(C(=O)N2CCC(c3ccco3)C2)cc1. The average molecular weight is 283 g/mol. The average Bonchev–Trinajstić information content (AvgIpc) is 3.17. The van der Waals surface area contributed by atoms with Gasteiger partial charge in [-0.2, -0.15) is 0 Å². The molecule has 1 atom stereocenters. The second-order valence-corrected chi connectivity index (χ2v) is 5.39. The molecule has 1 saturated heterocycles. The van der Waals surface area contributed by atoms with E-state index in [4.69, 9.17) is 4.42 Å². The molecule has 2 aromatic rings. The molecule has 0 saturated carbocycles. The highest BCUT2D eigenvalue weighted by Gasteiger charge is 2.29. The minimum Gasteiger partial charge on any atom is -0.469 e. The minimum absolute atomic E-state index is 0.00746. The van der Waals surface area contributed by atoms with Crippen LogP contribution in [0.15, 0.2) is 47.1 Å². The van der Waals surface area contributed by atoms with E-state index in [1.54, 1.807) is 30.5 Å². The van der Waals surface area contributed by atoms with Crippen molar-refractivity contribution in [1.29, 1.82) is 0 Å². The van der Waals surface area contributed by atoms with Crippen molar-refractivity contribution in [3.8, 4) is 0 Å². The molecule has 1 aliphatic heterocycles. The topological polar surface area (TPSA) is 50.5 Å². The molecule has 21 heavy (non-hydrogen) atoms. The van der Waals surface area contributed by atoms with Crippen molar-refractivity contribution in [3.05, 3.63) is 59.5 Å². The van der Waals surface area contributed by atoms with Crippen molar-refractivity contribution in [2.24, 2.45) is 0 Å². The van der Waals surface area contributed by atoms with Gasteiger partial charge in [0.2, 0.25) is 0 Å². The molecule has 0 spiro atoms. The second-order valence-electron chi connectivity index (χ2n) is 5.39. The quantitative estimate of drug-likeness (QED) is 0.813. The van der Waals surface area contributed by atoms with E-state index in [2.05, 4.69) is 0 Å². The smallest absolute Gasteiger partial charge is 0.253 e. The van der Waals surface area contributed by atoms with E-state index in [1.165, 1.54) is 6.92 Å². The molecule has 4 nitrogen and oxygen atoms in total. The Hall–Kier alpha value is -2.36. The van der Waals surface area contributed by atoms with Gasteiger partial charge in [-0.1, -0.05) is 12.1 Å². The second kappa shape index (κ2) is 5.56. The molecule has 0 N–H and O–H groups in total. The van der Waals surface area contributed by atoms with Gasteiger partial charge in [-0.3, -0.25) is 9.59 Å². The fraction of sp³-hybridized carbons (Fsp3) is 0.294. The summed E-state index contributed by atoms with van der Waals surface area (Å²) in [5, 5.41) is 0. The lowest BCUT2D eigenvalue weighted by Crippen LogP contribution is -2.28. The van der Waals surface area contributed by atoms with Crippen molar-refractivity contribution >= 4 is 11.7 Å². The van der Waals surface area contributed by atoms with Crippen LogP contribution in [-0.4, -0.2) is 29.7 Å². The summed E-state index contributed by atoms with van der Waals surface area (Å²) in [6.07, 6.45) is 2.59. The molecule has 0 aliphatic carbocycles. The predicted molar refractivity (Wildman–Crippen MR) is 78.4 cm³/mol. The van der Waals surface area contributed by atoms with Gasteiger partial charge in [-0.15, -0.1) is 0 Å². The van der Waals surface area contributed by atoms with Gasteiger partial charge in [0.15, 0.2) is 5.78 Å². The van der Waals surface area contributed by atoms with Crippen LogP contribution in [0.3, 0.4) is 0 Å². The molecule has 1 aromatic carbocycles. The van der Waals surface area contributed by atoms with Crippen LogP contribution in [0.2, 0.25) is 0 Å². The number of rotatable bonds is 3. The first-order chi connectivity index (χ1) is 10.1. The molecule has 1 unspecified atom stereocenters. The van der Waals surface area contributed by atoms with Crippen LogP contribution in [0.4, 0.5) is 0 Å². The molecule has 4 heteroatoms. The number of hydrogen-bond acceptors (Lipinski definition) is 3. The number of carbonyl (C=O) groups excluding carboxylic acids is 2. The summed E-state index contributed by atoms with van der Waals surface area (Å²) in [6.45, 7) is 2.94. The number of ketones is 1. The van der Waals surface area contributed by atoms with Crippen LogP contribution in [-0.2, 0) is 0 Å². The van der Waals surface area contributed by atoms with Gasteiger partial charge in [-0.05, 0) is 37.6 Å². The van der Waals surface area contributed by atoms with Crippen LogP contribution in [0, 0.1) is 0 Å². The van der Waals surface area contributed by atoms with Crippen molar-refractivity contribution in [2.75, 3.05) is 13.1 Å². The Bertz CT molecular complexity index is 643. The van der Waals surface area contributed by atoms with E-state index in [9.17, 15) is 9.59 Å². The molecular weight excluding hydrogens is 266 g/mol. The lowest BCUT2D eigenvalue weighted by Gasteiger charge is -2.16. The largest absolute Gasteiger partial charge is 0.469 e. The van der Waals surface area contributed by atoms with Gasteiger partial charge in [0.1, 0.15) is 5.76 Å². The highest BCUT2D eigenvalue weighted by molar-refractivity contribution is 5.97. The summed E-state index contributed by atoms with van der Waals surface area (Å²) < 4.78 is 5.42. The third-order valence-electron chi connectivity index (χ3n) is 3.96. The van der Waals surface area contributed by atoms with Gasteiger partial charge >= 0.3 is 0 Å². The first-order valence-electron chi connectivity index (χ1n) is 7.09. The third kappa shape index (κ3) is 2.75. The van der Waals surface area contributed by atoms with E-state index in [0.717, 1.165) is 18.7 Å². The maximum atomic E-state index is 12.5. The summed E-state index contributed by atoms with van der Waals surface area (Å²) in [5.41, 5.74) is 1.25. The van der Waals surface area contributed by atoms with Crippen molar-refractivity contribution in [2.45, 2.75) is 19.3 Å². The van der Waals surface area contributed by atoms with Crippen molar-refractivity contribution in [3.63, 3.8) is 0 Å². The van der Waals surface area contributed by atoms with E-state index in [-0.39, 0.29) is 17.6 Å². The van der Waals surface area contributed by atoms with Crippen LogP contribution in [0.5, 0.6) is 0 Å². The lowest BCUT2D eigenvalue weighted by atomic mass is 10.1. The number of furan rings is 1. The Kier molecular flexibility index (Phi) is 3.60. The van der Waals surface area contributed by atoms with Crippen LogP contribution >= 0.6 is 0 Å². The first-order valence-corrected chi connectivity index (χ1v) is 7.09. The Morgan fingerprint density at radius 2 is 1.86 bits per heavy atom. The Labute approximate surface area is 123 Å². The van der Waals surface area contributed by atoms with Crippen LogP contribution in [0.1, 0.15) is 45.7 Å². The standard InChI is InChI=1S/C17H17NO3/c1-12(19)13-4-6-14(7-5-13)17(20)18-9-8-15(11-18)16-3-2-10-21-16/h2-7,10,15H,8-9,11H2,1H3. The fourth-order valence-electron chi connectivity index (χ4n) is 2.73. The zero-order chi connectivity index (χ0) is 14.8. The first kappa shape index (κ1) is 13.6. The lowest BCUT2D eigenvalue weighted by molar-refractivity contribution is 0.0789. The molecular formula is C17H17NO3. The van der Waals surface area contributed by atoms with Crippen molar-refractivity contribution in [1.82, 2.24) is 4.90 Å². The van der Waals surface area contributed by atoms with Crippen LogP contribution < -0.4 is 0 Å². The minimum atomic E-state index is 0.00746. The van der Waals surface area contributed by atoms with E-state index in [0.29, 0.717) is 17.7 Å². The normalized spacial score (nSPS) is 18.0. The number of likely N-dealkylation sites (tertiary alicyclic amines) is 1. The van der Waals surface area contributed by atoms with Gasteiger partial charge < -0.3 is 9.32 Å². The summed E-state index contributed by atoms with van der Waals surface area (Å²) >= 11 is 0. The number of hydrogen-bond donors (Lipinski definition) is 0. The maximum absolute atomic E-state index is 12.5. The van der Waals surface area contributed by atoms with Gasteiger partial charge in [-0.25, -0.2) is 0 Å². The Morgan fingerprint density at radius 3 is 2.48 bits per heavy atom. The summed E-state index contributed by atoms with van der Waals surface area (Å²) in [6, 6.07) is 10.7. The van der Waals surface area contributed by atoms with Gasteiger partial charge in [0.05, 0.1) is 6.26 Å². The molecule has 1 aliphatic rings. The van der Waals surface area contributed by atoms with E-state index < -0.39 is 0 Å². The third-order valence-corrected chi connectivity index (χ3v) is 3.96. The highest BCUT2D eigenvalue weighted by atomic mass is 16.3. The molecule has 0 radical (unpaired) electrons. The predicted octanol–water partition coefficient (Wildman–Crippen LogP) is 3.11. The number of carbonyl (C=O) groups is 2. The summed E-state index contributed by atoms with van der Waals surface area (Å²) in [5.74, 6) is 1.24. The summed E-state index contributed by atoms with van der Waals surface area (Å²) in [4.78, 5) is 25.5. The monoisotopic (exact) mass is 283 g/mol. The molecule has 3 rings (SSSR count). The fourth-order valence-corrected chi connectivity index (χ4v) is 2.73.